The lowest BCUT2D eigenvalue weighted by Gasteiger charge is -2.25. The minimum absolute atomic E-state index is 0.0437. The van der Waals surface area contributed by atoms with E-state index in [1.807, 2.05) is 30.3 Å². The number of nitriles is 1. The van der Waals surface area contributed by atoms with Gasteiger partial charge < -0.3 is 5.32 Å². The van der Waals surface area contributed by atoms with Crippen molar-refractivity contribution in [3.63, 3.8) is 0 Å². The Balaban J connectivity index is 1.80. The SMILES string of the molecule is N#CC1(NC(=O)C2(c3ccccc3)CC2)CCCC1. The number of carbonyl (C=O) groups excluding carboxylic acids is 1. The van der Waals surface area contributed by atoms with Crippen LogP contribution >= 0.6 is 0 Å². The summed E-state index contributed by atoms with van der Waals surface area (Å²) in [6.45, 7) is 0. The van der Waals surface area contributed by atoms with Gasteiger partial charge in [-0.25, -0.2) is 0 Å². The average molecular weight is 254 g/mol. The second-order valence-corrected chi connectivity index (χ2v) is 5.80. The number of amides is 1. The Hall–Kier alpha value is -1.82. The van der Waals surface area contributed by atoms with Crippen molar-refractivity contribution >= 4 is 5.91 Å². The highest BCUT2D eigenvalue weighted by Crippen LogP contribution is 2.49. The number of hydrogen-bond acceptors (Lipinski definition) is 2. The molecule has 0 bridgehead atoms. The van der Waals surface area contributed by atoms with E-state index in [2.05, 4.69) is 11.4 Å². The molecule has 0 unspecified atom stereocenters. The quantitative estimate of drug-likeness (QED) is 0.901. The first-order valence-electron chi connectivity index (χ1n) is 7.00. The van der Waals surface area contributed by atoms with Gasteiger partial charge in [-0.1, -0.05) is 30.3 Å². The number of rotatable bonds is 3. The van der Waals surface area contributed by atoms with Crippen LogP contribution in [0.3, 0.4) is 0 Å². The van der Waals surface area contributed by atoms with E-state index < -0.39 is 5.54 Å². The minimum Gasteiger partial charge on any atom is -0.337 e. The van der Waals surface area contributed by atoms with Gasteiger partial charge in [0, 0.05) is 0 Å². The summed E-state index contributed by atoms with van der Waals surface area (Å²) < 4.78 is 0. The number of benzene rings is 1. The van der Waals surface area contributed by atoms with Crippen LogP contribution in [-0.4, -0.2) is 11.4 Å². The maximum absolute atomic E-state index is 12.6. The first-order chi connectivity index (χ1) is 9.21. The molecule has 1 aromatic carbocycles. The Labute approximate surface area is 113 Å². The first kappa shape index (κ1) is 12.2. The van der Waals surface area contributed by atoms with Gasteiger partial charge in [-0.05, 0) is 44.1 Å². The van der Waals surface area contributed by atoms with Gasteiger partial charge in [-0.2, -0.15) is 5.26 Å². The van der Waals surface area contributed by atoms with Gasteiger partial charge in [0.05, 0.1) is 11.5 Å². The molecule has 0 atom stereocenters. The lowest BCUT2D eigenvalue weighted by molar-refractivity contribution is -0.124. The number of nitrogens with zero attached hydrogens (tertiary/aromatic N) is 1. The molecular weight excluding hydrogens is 236 g/mol. The fourth-order valence-corrected chi connectivity index (χ4v) is 3.11. The summed E-state index contributed by atoms with van der Waals surface area (Å²) in [6, 6.07) is 12.3. The molecule has 1 aromatic rings. The minimum atomic E-state index is -0.610. The Morgan fingerprint density at radius 2 is 1.74 bits per heavy atom. The summed E-state index contributed by atoms with van der Waals surface area (Å²) in [5.41, 5.74) is 0.105. The zero-order chi connectivity index (χ0) is 13.3. The van der Waals surface area contributed by atoms with Crippen molar-refractivity contribution in [2.24, 2.45) is 0 Å². The second-order valence-electron chi connectivity index (χ2n) is 5.80. The van der Waals surface area contributed by atoms with E-state index >= 15 is 0 Å². The van der Waals surface area contributed by atoms with E-state index in [1.165, 1.54) is 0 Å². The fraction of sp³-hybridized carbons (Fsp3) is 0.500. The van der Waals surface area contributed by atoms with Crippen LogP contribution < -0.4 is 5.32 Å². The smallest absolute Gasteiger partial charge is 0.231 e. The molecule has 3 nitrogen and oxygen atoms in total. The molecule has 2 aliphatic carbocycles. The van der Waals surface area contributed by atoms with Crippen LogP contribution in [0, 0.1) is 11.3 Å². The third-order valence-electron chi connectivity index (χ3n) is 4.53. The molecule has 98 valence electrons. The van der Waals surface area contributed by atoms with Gasteiger partial charge in [0.15, 0.2) is 0 Å². The van der Waals surface area contributed by atoms with Gasteiger partial charge in [0.25, 0.3) is 0 Å². The van der Waals surface area contributed by atoms with Crippen LogP contribution in [0.25, 0.3) is 0 Å². The van der Waals surface area contributed by atoms with Gasteiger partial charge >= 0.3 is 0 Å². The summed E-state index contributed by atoms with van der Waals surface area (Å²) in [6.07, 6.45) is 5.44. The van der Waals surface area contributed by atoms with Crippen LogP contribution in [0.2, 0.25) is 0 Å². The maximum atomic E-state index is 12.6. The number of hydrogen-bond donors (Lipinski definition) is 1. The maximum Gasteiger partial charge on any atom is 0.231 e. The summed E-state index contributed by atoms with van der Waals surface area (Å²) in [7, 11) is 0. The van der Waals surface area contributed by atoms with Crippen molar-refractivity contribution in [3.05, 3.63) is 35.9 Å². The highest BCUT2D eigenvalue weighted by molar-refractivity contribution is 5.92. The molecule has 0 radical (unpaired) electrons. The fourth-order valence-electron chi connectivity index (χ4n) is 3.11. The van der Waals surface area contributed by atoms with Crippen LogP contribution in [0.4, 0.5) is 0 Å². The van der Waals surface area contributed by atoms with Gasteiger partial charge in [0.1, 0.15) is 5.54 Å². The predicted molar refractivity (Wildman–Crippen MR) is 72.3 cm³/mol. The van der Waals surface area contributed by atoms with Crippen molar-refractivity contribution in [1.82, 2.24) is 5.32 Å². The molecule has 19 heavy (non-hydrogen) atoms. The molecule has 1 amide bonds. The molecule has 2 fully saturated rings. The summed E-state index contributed by atoms with van der Waals surface area (Å²) in [4.78, 5) is 12.6. The van der Waals surface area contributed by atoms with Gasteiger partial charge in [0.2, 0.25) is 5.91 Å². The molecule has 0 saturated heterocycles. The van der Waals surface area contributed by atoms with E-state index in [9.17, 15) is 10.1 Å². The van der Waals surface area contributed by atoms with Crippen molar-refractivity contribution < 1.29 is 4.79 Å². The van der Waals surface area contributed by atoms with Gasteiger partial charge in [-0.15, -0.1) is 0 Å². The molecular formula is C16H18N2O. The van der Waals surface area contributed by atoms with Crippen molar-refractivity contribution in [3.8, 4) is 6.07 Å². The van der Waals surface area contributed by atoms with Crippen LogP contribution in [0.1, 0.15) is 44.1 Å². The Morgan fingerprint density at radius 1 is 1.11 bits per heavy atom. The van der Waals surface area contributed by atoms with E-state index in [4.69, 9.17) is 0 Å². The highest BCUT2D eigenvalue weighted by atomic mass is 16.2. The van der Waals surface area contributed by atoms with Crippen LogP contribution in [-0.2, 0) is 10.2 Å². The van der Waals surface area contributed by atoms with E-state index in [-0.39, 0.29) is 11.3 Å². The average Bonchev–Trinajstić information content (AvgIpc) is 3.15. The third kappa shape index (κ3) is 2.02. The standard InChI is InChI=1S/C16H18N2O/c17-12-15(8-4-5-9-15)18-14(19)16(10-11-16)13-6-2-1-3-7-13/h1-3,6-7H,4-5,8-11H2,(H,18,19). The predicted octanol–water partition coefficient (Wildman–Crippen LogP) is 2.67. The van der Waals surface area contributed by atoms with Crippen molar-refractivity contribution in [2.45, 2.75) is 49.5 Å². The molecule has 2 aliphatic rings. The highest BCUT2D eigenvalue weighted by Gasteiger charge is 2.53. The normalized spacial score (nSPS) is 22.5. The Morgan fingerprint density at radius 3 is 2.26 bits per heavy atom. The lowest BCUT2D eigenvalue weighted by atomic mass is 9.92. The molecule has 1 N–H and O–H groups in total. The number of carbonyl (C=O) groups is 1. The zero-order valence-corrected chi connectivity index (χ0v) is 11.0. The molecule has 0 aliphatic heterocycles. The lowest BCUT2D eigenvalue weighted by Crippen LogP contribution is -2.49. The monoisotopic (exact) mass is 254 g/mol. The summed E-state index contributed by atoms with van der Waals surface area (Å²) in [5, 5.41) is 12.4. The van der Waals surface area contributed by atoms with Gasteiger partial charge in [-0.3, -0.25) is 4.79 Å². The molecule has 0 spiro atoms. The molecule has 0 heterocycles. The van der Waals surface area contributed by atoms with Crippen LogP contribution in [0.5, 0.6) is 0 Å². The Kier molecular flexibility index (Phi) is 2.82. The Bertz CT molecular complexity index is 519. The summed E-state index contributed by atoms with van der Waals surface area (Å²) in [5.74, 6) is 0.0437. The van der Waals surface area contributed by atoms with E-state index in [0.717, 1.165) is 44.1 Å². The molecule has 2 saturated carbocycles. The zero-order valence-electron chi connectivity index (χ0n) is 11.0. The van der Waals surface area contributed by atoms with E-state index in [0.29, 0.717) is 0 Å². The van der Waals surface area contributed by atoms with Crippen LogP contribution in [0.15, 0.2) is 30.3 Å². The molecule has 3 rings (SSSR count). The second kappa shape index (κ2) is 4.38. The topological polar surface area (TPSA) is 52.9 Å². The third-order valence-corrected chi connectivity index (χ3v) is 4.53. The molecule has 0 aromatic heterocycles. The van der Waals surface area contributed by atoms with Crippen molar-refractivity contribution in [1.29, 1.82) is 5.26 Å². The van der Waals surface area contributed by atoms with Crippen molar-refractivity contribution in [2.75, 3.05) is 0 Å². The number of nitrogens with one attached hydrogen (secondary N) is 1. The largest absolute Gasteiger partial charge is 0.337 e. The van der Waals surface area contributed by atoms with E-state index in [1.54, 1.807) is 0 Å². The molecule has 3 heteroatoms. The first-order valence-corrected chi connectivity index (χ1v) is 7.00. The summed E-state index contributed by atoms with van der Waals surface area (Å²) >= 11 is 0.